The highest BCUT2D eigenvalue weighted by molar-refractivity contribution is 5.94. The quantitative estimate of drug-likeness (QED) is 0.766. The number of carbonyl (C=O) groups excluding carboxylic acids is 1. The molecule has 2 aliphatic carbocycles. The summed E-state index contributed by atoms with van der Waals surface area (Å²) in [5.41, 5.74) is 5.52. The Morgan fingerprint density at radius 1 is 1.26 bits per heavy atom. The number of amides is 1. The van der Waals surface area contributed by atoms with Crippen molar-refractivity contribution in [3.05, 3.63) is 23.8 Å². The Hall–Kier alpha value is -1.47. The third kappa shape index (κ3) is 4.88. The number of hydrogen-bond acceptors (Lipinski definition) is 3. The van der Waals surface area contributed by atoms with Crippen LogP contribution in [0.15, 0.2) is 18.2 Å². The van der Waals surface area contributed by atoms with Crippen LogP contribution in [0.2, 0.25) is 0 Å². The molecular weight excluding hydrogens is 381 g/mol. The number of alkyl halides is 3. The number of fused-ring (bicyclic) bond motifs is 2. The predicted molar refractivity (Wildman–Crippen MR) is 100 cm³/mol. The van der Waals surface area contributed by atoms with Crippen LogP contribution in [0.1, 0.15) is 44.6 Å². The summed E-state index contributed by atoms with van der Waals surface area (Å²) >= 11 is 0. The second kappa shape index (κ2) is 8.69. The van der Waals surface area contributed by atoms with Crippen molar-refractivity contribution >= 4 is 24.0 Å². The lowest BCUT2D eigenvalue weighted by atomic mass is 9.65. The Bertz CT molecular complexity index is 655. The lowest BCUT2D eigenvalue weighted by molar-refractivity contribution is -0.137. The molecule has 2 fully saturated rings. The molecule has 0 aromatic heterocycles. The van der Waals surface area contributed by atoms with Crippen LogP contribution >= 0.6 is 12.4 Å². The van der Waals surface area contributed by atoms with Gasteiger partial charge in [-0.15, -0.1) is 12.4 Å². The van der Waals surface area contributed by atoms with Crippen molar-refractivity contribution in [2.75, 3.05) is 11.9 Å². The van der Waals surface area contributed by atoms with Crippen LogP contribution in [0, 0.1) is 17.8 Å². The van der Waals surface area contributed by atoms with Crippen LogP contribution in [0.4, 0.5) is 18.9 Å². The minimum absolute atomic E-state index is 0. The zero-order valence-electron chi connectivity index (χ0n) is 15.2. The average Bonchev–Trinajstić information content (AvgIpc) is 2.55. The van der Waals surface area contributed by atoms with Gasteiger partial charge in [-0.2, -0.15) is 13.2 Å². The highest BCUT2D eigenvalue weighted by Gasteiger charge is 2.40. The second-order valence-corrected chi connectivity index (χ2v) is 7.33. The fraction of sp³-hybridized carbons (Fsp3) is 0.632. The molecule has 0 radical (unpaired) electrons. The number of ether oxygens (including phenoxy) is 1. The number of nitrogens with two attached hydrogens (primary N) is 1. The van der Waals surface area contributed by atoms with E-state index in [1.807, 2.05) is 0 Å². The first-order chi connectivity index (χ1) is 12.3. The molecule has 2 unspecified atom stereocenters. The second-order valence-electron chi connectivity index (χ2n) is 7.33. The Kier molecular flexibility index (Phi) is 7.03. The van der Waals surface area contributed by atoms with Gasteiger partial charge in [-0.05, 0) is 62.6 Å². The maximum absolute atomic E-state index is 13.0. The van der Waals surface area contributed by atoms with Crippen LogP contribution in [0.25, 0.3) is 0 Å². The normalized spacial score (nSPS) is 27.4. The maximum Gasteiger partial charge on any atom is 0.416 e. The molecule has 0 aliphatic heterocycles. The fourth-order valence-electron chi connectivity index (χ4n) is 4.32. The van der Waals surface area contributed by atoms with Crippen LogP contribution in [-0.2, 0) is 11.0 Å². The fourth-order valence-corrected chi connectivity index (χ4v) is 4.32. The number of benzene rings is 1. The van der Waals surface area contributed by atoms with E-state index >= 15 is 0 Å². The van der Waals surface area contributed by atoms with Gasteiger partial charge in [0.25, 0.3) is 0 Å². The monoisotopic (exact) mass is 406 g/mol. The molecule has 2 saturated carbocycles. The average molecular weight is 407 g/mol. The molecule has 2 atom stereocenters. The molecule has 152 valence electrons. The predicted octanol–water partition coefficient (Wildman–Crippen LogP) is 4.62. The van der Waals surface area contributed by atoms with Crippen molar-refractivity contribution in [1.82, 2.24) is 0 Å². The van der Waals surface area contributed by atoms with Crippen LogP contribution < -0.4 is 15.8 Å². The lowest BCUT2D eigenvalue weighted by Gasteiger charge is -2.43. The summed E-state index contributed by atoms with van der Waals surface area (Å²) in [5.74, 6) is 0.446. The van der Waals surface area contributed by atoms with E-state index in [-0.39, 0.29) is 41.7 Å². The lowest BCUT2D eigenvalue weighted by Crippen LogP contribution is -2.48. The van der Waals surface area contributed by atoms with Gasteiger partial charge in [-0.1, -0.05) is 6.42 Å². The summed E-state index contributed by atoms with van der Waals surface area (Å²) in [6.07, 6.45) is 0.113. The summed E-state index contributed by atoms with van der Waals surface area (Å²) in [7, 11) is 0. The number of halogens is 4. The largest absolute Gasteiger partial charge is 0.492 e. The molecule has 8 heteroatoms. The van der Waals surface area contributed by atoms with Gasteiger partial charge in [0.15, 0.2) is 0 Å². The van der Waals surface area contributed by atoms with Gasteiger partial charge in [0, 0.05) is 12.0 Å². The molecule has 2 bridgehead atoms. The van der Waals surface area contributed by atoms with Crippen molar-refractivity contribution in [2.24, 2.45) is 23.5 Å². The van der Waals surface area contributed by atoms with Gasteiger partial charge >= 0.3 is 6.18 Å². The van der Waals surface area contributed by atoms with Gasteiger partial charge in [0.05, 0.1) is 17.9 Å². The summed E-state index contributed by atoms with van der Waals surface area (Å²) in [5, 5.41) is 2.68. The van der Waals surface area contributed by atoms with Gasteiger partial charge < -0.3 is 15.8 Å². The smallest absolute Gasteiger partial charge is 0.416 e. The molecule has 0 heterocycles. The van der Waals surface area contributed by atoms with E-state index in [9.17, 15) is 18.0 Å². The van der Waals surface area contributed by atoms with Crippen LogP contribution in [0.3, 0.4) is 0 Å². The zero-order valence-corrected chi connectivity index (χ0v) is 16.0. The third-order valence-corrected chi connectivity index (χ3v) is 5.65. The first-order valence-corrected chi connectivity index (χ1v) is 9.20. The van der Waals surface area contributed by atoms with E-state index in [2.05, 4.69) is 5.32 Å². The van der Waals surface area contributed by atoms with Gasteiger partial charge in [0.1, 0.15) is 5.75 Å². The van der Waals surface area contributed by atoms with E-state index in [1.165, 1.54) is 6.07 Å². The van der Waals surface area contributed by atoms with Gasteiger partial charge in [0.2, 0.25) is 5.91 Å². The summed E-state index contributed by atoms with van der Waals surface area (Å²) in [6.45, 7) is 2.05. The van der Waals surface area contributed by atoms with Gasteiger partial charge in [-0.3, -0.25) is 4.79 Å². The minimum Gasteiger partial charge on any atom is -0.492 e. The van der Waals surface area contributed by atoms with E-state index in [0.717, 1.165) is 31.4 Å². The SMILES string of the molecule is CCOc1ccc(C(F)(F)F)cc1NC(=O)C1CC2CCCC(C1)C2N.Cl. The van der Waals surface area contributed by atoms with Crippen molar-refractivity contribution in [3.63, 3.8) is 0 Å². The summed E-state index contributed by atoms with van der Waals surface area (Å²) < 4.78 is 44.4. The molecule has 3 rings (SSSR count). The van der Waals surface area contributed by atoms with Crippen molar-refractivity contribution < 1.29 is 22.7 Å². The Morgan fingerprint density at radius 2 is 1.89 bits per heavy atom. The zero-order chi connectivity index (χ0) is 18.9. The molecule has 0 saturated heterocycles. The molecule has 1 aromatic rings. The van der Waals surface area contributed by atoms with E-state index in [1.54, 1.807) is 6.92 Å². The summed E-state index contributed by atoms with van der Waals surface area (Å²) in [6, 6.07) is 3.30. The molecule has 1 aromatic carbocycles. The standard InChI is InChI=1S/C19H25F3N2O2.ClH/c1-2-26-16-7-6-14(19(20,21)22)10-15(16)24-18(25)13-8-11-4-3-5-12(9-13)17(11)23;/h6-7,10-13,17H,2-5,8-9,23H2,1H3,(H,24,25);1H. The molecule has 27 heavy (non-hydrogen) atoms. The van der Waals surface area contributed by atoms with Crippen molar-refractivity contribution in [1.29, 1.82) is 0 Å². The molecule has 4 nitrogen and oxygen atoms in total. The van der Waals surface area contributed by atoms with Crippen LogP contribution in [-0.4, -0.2) is 18.6 Å². The number of anilines is 1. The number of nitrogens with one attached hydrogen (secondary N) is 1. The number of rotatable bonds is 4. The molecule has 2 aliphatic rings. The van der Waals surface area contributed by atoms with E-state index < -0.39 is 11.7 Å². The van der Waals surface area contributed by atoms with Crippen LogP contribution in [0.5, 0.6) is 5.75 Å². The van der Waals surface area contributed by atoms with Gasteiger partial charge in [-0.25, -0.2) is 0 Å². The van der Waals surface area contributed by atoms with Crippen molar-refractivity contribution in [2.45, 2.75) is 51.2 Å². The molecule has 0 spiro atoms. The van der Waals surface area contributed by atoms with E-state index in [4.69, 9.17) is 10.5 Å². The minimum atomic E-state index is -4.47. The topological polar surface area (TPSA) is 64.3 Å². The highest BCUT2D eigenvalue weighted by atomic mass is 35.5. The molecule has 3 N–H and O–H groups in total. The Balaban J connectivity index is 0.00000261. The number of carbonyl (C=O) groups is 1. The Morgan fingerprint density at radius 3 is 2.44 bits per heavy atom. The third-order valence-electron chi connectivity index (χ3n) is 5.65. The first kappa shape index (κ1) is 21.8. The first-order valence-electron chi connectivity index (χ1n) is 9.20. The number of hydrogen-bond donors (Lipinski definition) is 2. The highest BCUT2D eigenvalue weighted by Crippen LogP contribution is 2.42. The molecular formula is C19H26ClF3N2O2. The maximum atomic E-state index is 13.0. The molecule has 1 amide bonds. The Labute approximate surface area is 163 Å². The van der Waals surface area contributed by atoms with E-state index in [0.29, 0.717) is 31.3 Å². The van der Waals surface area contributed by atoms with Crippen molar-refractivity contribution in [3.8, 4) is 5.75 Å². The summed E-state index contributed by atoms with van der Waals surface area (Å²) in [4.78, 5) is 12.7.